The average Bonchev–Trinajstić information content (AvgIpc) is 3.21. The van der Waals surface area contributed by atoms with Gasteiger partial charge in [-0.15, -0.1) is 0 Å². The maximum atomic E-state index is 12.4. The molecule has 2 aromatic heterocycles. The number of nitriles is 1. The molecule has 3 aromatic rings. The van der Waals surface area contributed by atoms with Gasteiger partial charge in [0, 0.05) is 31.8 Å². The van der Waals surface area contributed by atoms with Gasteiger partial charge >= 0.3 is 5.97 Å². The van der Waals surface area contributed by atoms with Gasteiger partial charge in [-0.05, 0) is 55.4 Å². The highest BCUT2D eigenvalue weighted by Gasteiger charge is 2.61. The molecule has 0 aliphatic heterocycles. The normalized spacial score (nSPS) is 17.1. The van der Waals surface area contributed by atoms with Gasteiger partial charge in [-0.1, -0.05) is 73.5 Å². The molecule has 2 atom stereocenters. The van der Waals surface area contributed by atoms with Crippen LogP contribution >= 0.6 is 11.6 Å². The number of benzene rings is 1. The molecule has 0 N–H and O–H groups in total. The summed E-state index contributed by atoms with van der Waals surface area (Å²) in [4.78, 5) is 21.9. The summed E-state index contributed by atoms with van der Waals surface area (Å²) < 4.78 is 11.1. The Labute approximate surface area is 242 Å². The van der Waals surface area contributed by atoms with E-state index in [-0.39, 0.29) is 29.8 Å². The van der Waals surface area contributed by atoms with Crippen molar-refractivity contribution in [2.75, 3.05) is 7.05 Å². The number of allylic oxidation sites excluding steroid dienone is 2. The molecule has 0 spiro atoms. The molecule has 8 heteroatoms. The molecule has 4 rings (SSSR count). The largest absolute Gasteiger partial charge is 0.469 e. The van der Waals surface area contributed by atoms with Crippen LogP contribution in [0.25, 0.3) is 0 Å². The monoisotopic (exact) mass is 560 g/mol. The van der Waals surface area contributed by atoms with E-state index in [4.69, 9.17) is 26.0 Å². The van der Waals surface area contributed by atoms with Gasteiger partial charge in [-0.2, -0.15) is 10.3 Å². The molecule has 40 heavy (non-hydrogen) atoms. The van der Waals surface area contributed by atoms with Gasteiger partial charge in [0.1, 0.15) is 23.4 Å². The lowest BCUT2D eigenvalue weighted by Gasteiger charge is -2.17. The van der Waals surface area contributed by atoms with E-state index >= 15 is 0 Å². The number of ether oxygens (including phenoxy) is 1. The molecule has 7 nitrogen and oxygen atoms in total. The van der Waals surface area contributed by atoms with Crippen molar-refractivity contribution in [2.45, 2.75) is 54.2 Å². The zero-order chi connectivity index (χ0) is 29.3. The van der Waals surface area contributed by atoms with Crippen LogP contribution in [-0.2, 0) is 29.1 Å². The Kier molecular flexibility index (Phi) is 10.7. The van der Waals surface area contributed by atoms with E-state index in [1.807, 2.05) is 42.3 Å². The number of pyridine rings is 1. The second kappa shape index (κ2) is 14.0. The van der Waals surface area contributed by atoms with Crippen molar-refractivity contribution in [3.8, 4) is 6.19 Å². The van der Waals surface area contributed by atoms with Crippen molar-refractivity contribution in [3.63, 3.8) is 0 Å². The Morgan fingerprint density at radius 2 is 1.90 bits per heavy atom. The molecule has 0 amide bonds. The van der Waals surface area contributed by atoms with Crippen molar-refractivity contribution < 1.29 is 13.9 Å². The average molecular weight is 561 g/mol. The van der Waals surface area contributed by atoms with E-state index in [0.29, 0.717) is 17.5 Å². The summed E-state index contributed by atoms with van der Waals surface area (Å²) in [6.07, 6.45) is 8.06. The first-order valence-corrected chi connectivity index (χ1v) is 13.6. The molecule has 1 aliphatic rings. The number of hydrogen-bond acceptors (Lipinski definition) is 6. The molecule has 1 fully saturated rings. The Balaban J connectivity index is 0.000000252. The zero-order valence-electron chi connectivity index (χ0n) is 24.0. The number of carbonyl (C=O) groups excluding carboxylic acids is 1. The molecule has 1 saturated carbocycles. The van der Waals surface area contributed by atoms with Crippen molar-refractivity contribution >= 4 is 23.4 Å². The summed E-state index contributed by atoms with van der Waals surface area (Å²) in [6.45, 7) is 11.1. The van der Waals surface area contributed by atoms with Crippen LogP contribution in [0.2, 0.25) is 5.15 Å². The van der Waals surface area contributed by atoms with Crippen molar-refractivity contribution in [1.82, 2.24) is 9.88 Å². The summed E-state index contributed by atoms with van der Waals surface area (Å²) in [6, 6.07) is 15.8. The quantitative estimate of drug-likeness (QED) is 0.0721. The number of furan rings is 1. The molecular formula is C32H37ClN4O3. The third-order valence-electron chi connectivity index (χ3n) is 6.96. The summed E-state index contributed by atoms with van der Waals surface area (Å²) in [5.74, 6) is 1.68. The summed E-state index contributed by atoms with van der Waals surface area (Å²) in [5, 5.41) is 8.87. The van der Waals surface area contributed by atoms with Gasteiger partial charge in [-0.25, -0.2) is 4.98 Å². The van der Waals surface area contributed by atoms with Crippen LogP contribution < -0.4 is 0 Å². The highest BCUT2D eigenvalue weighted by atomic mass is 35.5. The topological polar surface area (TPSA) is 91.7 Å². The van der Waals surface area contributed by atoms with Gasteiger partial charge < -0.3 is 14.1 Å². The fraction of sp³-hybridized carbons (Fsp3) is 0.375. The van der Waals surface area contributed by atoms with Gasteiger partial charge in [-0.3, -0.25) is 4.79 Å². The van der Waals surface area contributed by atoms with E-state index < -0.39 is 0 Å². The second-order valence-corrected chi connectivity index (χ2v) is 11.3. The SMILES string of the molecule is CC(=NC#N)N(C)Cc1ccc(Cl)nc1.CC(C)=C[C@@H]1[C@@H](C(=O)OCc2coc(Cc3ccccc3)c2)C1(C)C. The second-order valence-electron chi connectivity index (χ2n) is 10.9. The summed E-state index contributed by atoms with van der Waals surface area (Å²) in [5.41, 5.74) is 4.35. The van der Waals surface area contributed by atoms with Crippen LogP contribution in [-0.4, -0.2) is 28.7 Å². The number of aromatic nitrogens is 1. The maximum absolute atomic E-state index is 12.4. The molecular weight excluding hydrogens is 524 g/mol. The number of rotatable bonds is 8. The number of hydrogen-bond donors (Lipinski definition) is 0. The molecule has 0 bridgehead atoms. The van der Waals surface area contributed by atoms with Crippen LogP contribution in [0.4, 0.5) is 0 Å². The minimum absolute atomic E-state index is 0.0107. The van der Waals surface area contributed by atoms with E-state index in [9.17, 15) is 4.79 Å². The van der Waals surface area contributed by atoms with E-state index in [2.05, 4.69) is 55.9 Å². The highest BCUT2D eigenvalue weighted by molar-refractivity contribution is 6.29. The third-order valence-corrected chi connectivity index (χ3v) is 7.18. The molecule has 0 saturated heterocycles. The number of esters is 1. The van der Waals surface area contributed by atoms with Crippen LogP contribution in [0.15, 0.2) is 82.0 Å². The molecule has 1 aliphatic carbocycles. The van der Waals surface area contributed by atoms with E-state index in [1.54, 1.807) is 31.6 Å². The number of halogens is 1. The predicted octanol–water partition coefficient (Wildman–Crippen LogP) is 7.22. The van der Waals surface area contributed by atoms with Gasteiger partial charge in [0.25, 0.3) is 0 Å². The van der Waals surface area contributed by atoms with Crippen molar-refractivity contribution in [1.29, 1.82) is 5.26 Å². The molecule has 0 radical (unpaired) electrons. The number of amidine groups is 1. The predicted molar refractivity (Wildman–Crippen MR) is 157 cm³/mol. The van der Waals surface area contributed by atoms with E-state index in [0.717, 1.165) is 23.3 Å². The smallest absolute Gasteiger partial charge is 0.310 e. The first-order valence-electron chi connectivity index (χ1n) is 13.2. The Bertz CT molecular complexity index is 1370. The third kappa shape index (κ3) is 8.82. The van der Waals surface area contributed by atoms with Crippen LogP contribution in [0.5, 0.6) is 0 Å². The number of aliphatic imine (C=N–C) groups is 1. The highest BCUT2D eigenvalue weighted by Crippen LogP contribution is 2.59. The first kappa shape index (κ1) is 30.6. The van der Waals surface area contributed by atoms with Crippen molar-refractivity contribution in [2.24, 2.45) is 22.2 Å². The fourth-order valence-electron chi connectivity index (χ4n) is 4.48. The molecule has 0 unspecified atom stereocenters. The minimum Gasteiger partial charge on any atom is -0.469 e. The molecule has 210 valence electrons. The number of carbonyl (C=O) groups is 1. The van der Waals surface area contributed by atoms with Gasteiger partial charge in [0.05, 0.1) is 12.2 Å². The van der Waals surface area contributed by atoms with Crippen LogP contribution in [0.3, 0.4) is 0 Å². The maximum Gasteiger partial charge on any atom is 0.310 e. The van der Waals surface area contributed by atoms with E-state index in [1.165, 1.54) is 11.1 Å². The fourth-order valence-corrected chi connectivity index (χ4v) is 4.59. The Hall–Kier alpha value is -3.89. The molecule has 1 aromatic carbocycles. The summed E-state index contributed by atoms with van der Waals surface area (Å²) >= 11 is 5.67. The van der Waals surface area contributed by atoms with Crippen LogP contribution in [0, 0.1) is 28.7 Å². The first-order chi connectivity index (χ1) is 19.0. The summed E-state index contributed by atoms with van der Waals surface area (Å²) in [7, 11) is 1.87. The number of nitrogens with zero attached hydrogens (tertiary/aromatic N) is 4. The van der Waals surface area contributed by atoms with Crippen molar-refractivity contribution in [3.05, 3.63) is 100 Å². The van der Waals surface area contributed by atoms with Crippen LogP contribution in [0.1, 0.15) is 57.1 Å². The standard InChI is InChI=1S/C22H26O3.C10H11ClN4/c1-15(2)10-19-20(22(19,3)4)21(23)25-14-17-12-18(24-13-17)11-16-8-6-5-7-9-16;1-8(14-7-12)15(2)6-9-3-4-10(11)13-5-9/h5-10,12-13,19-20H,11,14H2,1-4H3;3-5H,6H2,1-2H3/t19-,20+;/m1./s1. The Morgan fingerprint density at radius 1 is 1.18 bits per heavy atom. The van der Waals surface area contributed by atoms with Gasteiger partial charge in [0.2, 0.25) is 6.19 Å². The molecule has 2 heterocycles. The lowest BCUT2D eigenvalue weighted by Crippen LogP contribution is -2.23. The Morgan fingerprint density at radius 3 is 2.52 bits per heavy atom. The minimum atomic E-state index is -0.113. The van der Waals surface area contributed by atoms with Gasteiger partial charge in [0.15, 0.2) is 0 Å². The zero-order valence-corrected chi connectivity index (χ0v) is 24.8. The lowest BCUT2D eigenvalue weighted by molar-refractivity contribution is -0.147. The lowest BCUT2D eigenvalue weighted by atomic mass is 10.1.